The number of nitrogens with one attached hydrogen (secondary N) is 2. The van der Waals surface area contributed by atoms with E-state index in [1.165, 1.54) is 29.9 Å². The van der Waals surface area contributed by atoms with Crippen molar-refractivity contribution in [3.05, 3.63) is 35.0 Å². The van der Waals surface area contributed by atoms with Gasteiger partial charge in [0.2, 0.25) is 0 Å². The smallest absolute Gasteiger partial charge is 0.171 e. The normalized spacial score (nSPS) is 13.7. The minimum atomic E-state index is 0.0530. The average molecular weight is 350 g/mol. The van der Waals surface area contributed by atoms with Gasteiger partial charge in [0.05, 0.1) is 9.75 Å². The molecule has 0 aromatic carbocycles. The number of thiophene rings is 1. The number of anilines is 2. The minimum Gasteiger partial charge on any atom is -0.324 e. The van der Waals surface area contributed by atoms with Crippen LogP contribution in [0.5, 0.6) is 0 Å². The molecule has 0 unspecified atom stereocenters. The lowest BCUT2D eigenvalue weighted by Gasteiger charge is -2.08. The summed E-state index contributed by atoms with van der Waals surface area (Å²) in [5.41, 5.74) is 2.08. The molecule has 125 valence electrons. The second kappa shape index (κ2) is 6.44. The summed E-state index contributed by atoms with van der Waals surface area (Å²) < 4.78 is 0. The molecule has 0 bridgehead atoms. The zero-order chi connectivity index (χ0) is 17.4. The van der Waals surface area contributed by atoms with Gasteiger partial charge in [0.25, 0.3) is 0 Å². The predicted octanol–water partition coefficient (Wildman–Crippen LogP) is 3.13. The Balaban J connectivity index is 1.63. The van der Waals surface area contributed by atoms with Gasteiger partial charge < -0.3 is 5.32 Å². The lowest BCUT2D eigenvalue weighted by Crippen LogP contribution is -2.19. The third-order valence-corrected chi connectivity index (χ3v) is 5.34. The highest BCUT2D eigenvalue weighted by Gasteiger charge is 2.25. The molecule has 1 aliphatic rings. The van der Waals surface area contributed by atoms with Gasteiger partial charge in [-0.05, 0) is 37.4 Å². The molecule has 1 saturated carbocycles. The summed E-state index contributed by atoms with van der Waals surface area (Å²) >= 11 is 1.40. The Morgan fingerprint density at radius 1 is 1.40 bits per heavy atom. The van der Waals surface area contributed by atoms with Crippen molar-refractivity contribution in [3.63, 3.8) is 0 Å². The number of nitrogens with zero attached hydrogens (tertiary/aromatic N) is 3. The van der Waals surface area contributed by atoms with Crippen molar-refractivity contribution in [2.45, 2.75) is 32.5 Å². The maximum absolute atomic E-state index is 11.5. The van der Waals surface area contributed by atoms with Crippen LogP contribution >= 0.6 is 11.3 Å². The summed E-state index contributed by atoms with van der Waals surface area (Å²) in [6.45, 7) is 3.51. The van der Waals surface area contributed by atoms with E-state index in [2.05, 4.69) is 25.5 Å². The second-order valence-electron chi connectivity index (χ2n) is 6.11. The van der Waals surface area contributed by atoms with Crippen LogP contribution in [0.1, 0.15) is 41.0 Å². The summed E-state index contributed by atoms with van der Waals surface area (Å²) in [6.07, 6.45) is 4.24. The van der Waals surface area contributed by atoms with E-state index < -0.39 is 0 Å². The Labute approximate surface area is 150 Å². The summed E-state index contributed by atoms with van der Waals surface area (Å²) in [7, 11) is 1.95. The fraction of sp³-hybridized carbons (Fsp3) is 0.294. The third kappa shape index (κ3) is 3.35. The van der Waals surface area contributed by atoms with Gasteiger partial charge >= 0.3 is 0 Å². The van der Waals surface area contributed by atoms with E-state index in [0.29, 0.717) is 22.4 Å². The summed E-state index contributed by atoms with van der Waals surface area (Å²) in [5.74, 6) is 2.74. The van der Waals surface area contributed by atoms with Crippen molar-refractivity contribution in [3.8, 4) is 10.7 Å². The van der Waals surface area contributed by atoms with E-state index in [1.54, 1.807) is 13.1 Å². The molecule has 25 heavy (non-hydrogen) atoms. The molecule has 1 radical (unpaired) electrons. The number of hydrogen-bond acceptors (Lipinski definition) is 6. The van der Waals surface area contributed by atoms with E-state index >= 15 is 0 Å². The number of rotatable bonds is 6. The largest absolute Gasteiger partial charge is 0.324 e. The molecule has 0 saturated heterocycles. The fourth-order valence-electron chi connectivity index (χ4n) is 2.59. The molecule has 0 atom stereocenters. The van der Waals surface area contributed by atoms with Crippen molar-refractivity contribution < 1.29 is 4.79 Å². The molecule has 3 aromatic heterocycles. The van der Waals surface area contributed by atoms with Crippen LogP contribution in [-0.4, -0.2) is 33.2 Å². The van der Waals surface area contributed by atoms with Gasteiger partial charge in [0.1, 0.15) is 5.82 Å². The first kappa shape index (κ1) is 16.0. The number of ketones is 1. The second-order valence-corrected chi connectivity index (χ2v) is 7.20. The van der Waals surface area contributed by atoms with Crippen molar-refractivity contribution in [2.24, 2.45) is 0 Å². The Morgan fingerprint density at radius 3 is 2.92 bits per heavy atom. The van der Waals surface area contributed by atoms with E-state index in [1.807, 2.05) is 32.3 Å². The average Bonchev–Trinajstić information content (AvgIpc) is 3.15. The topological polar surface area (TPSA) is 83.6 Å². The van der Waals surface area contributed by atoms with Gasteiger partial charge in [-0.3, -0.25) is 9.89 Å². The molecular formula is C17H17BN5OS. The first-order valence-electron chi connectivity index (χ1n) is 8.24. The Hall–Kier alpha value is -2.48. The van der Waals surface area contributed by atoms with Crippen LogP contribution in [0.15, 0.2) is 24.4 Å². The molecule has 4 rings (SSSR count). The summed E-state index contributed by atoms with van der Waals surface area (Å²) in [4.78, 5) is 22.2. The van der Waals surface area contributed by atoms with Crippen LogP contribution in [0.25, 0.3) is 10.7 Å². The number of aromatic nitrogens is 4. The first-order chi connectivity index (χ1) is 12.1. The summed E-state index contributed by atoms with van der Waals surface area (Å²) in [6, 6.07) is 5.74. The van der Waals surface area contributed by atoms with E-state index in [4.69, 9.17) is 0 Å². The highest BCUT2D eigenvalue weighted by Crippen LogP contribution is 2.39. The van der Waals surface area contributed by atoms with Gasteiger partial charge in [-0.15, -0.1) is 11.3 Å². The lowest BCUT2D eigenvalue weighted by atomic mass is 9.74. The predicted molar refractivity (Wildman–Crippen MR) is 100 cm³/mol. The van der Waals surface area contributed by atoms with Crippen LogP contribution in [0.2, 0.25) is 6.82 Å². The van der Waals surface area contributed by atoms with Gasteiger partial charge in [-0.2, -0.15) is 5.10 Å². The highest BCUT2D eigenvalue weighted by atomic mass is 32.1. The van der Waals surface area contributed by atoms with Gasteiger partial charge in [-0.1, -0.05) is 6.82 Å². The van der Waals surface area contributed by atoms with E-state index in [9.17, 15) is 4.79 Å². The van der Waals surface area contributed by atoms with Crippen molar-refractivity contribution in [1.82, 2.24) is 20.2 Å². The van der Waals surface area contributed by atoms with Crippen LogP contribution in [0.4, 0.5) is 11.6 Å². The van der Waals surface area contributed by atoms with Crippen LogP contribution in [-0.2, 0) is 0 Å². The molecule has 8 heteroatoms. The van der Waals surface area contributed by atoms with Crippen LogP contribution in [0, 0.1) is 0 Å². The SMILES string of the molecule is C[B]c1cnc(-c2ccc(C(C)=O)s2)nc1Nc1cc(C2CC2)[nH]n1. The Kier molecular flexibility index (Phi) is 4.13. The molecule has 1 aliphatic carbocycles. The number of carbonyl (C=O) groups excluding carboxylic acids is 1. The number of carbonyl (C=O) groups is 1. The minimum absolute atomic E-state index is 0.0530. The molecule has 2 N–H and O–H groups in total. The molecule has 0 amide bonds. The molecule has 0 spiro atoms. The standard InChI is InChI=1S/C17H17BN5OS/c1-9(24)13-5-6-14(25-13)17-19-8-11(18-2)16(21-17)20-15-7-12(22-23-15)10-3-4-10/h5-8,10H,3-4H2,1-2H3,(H2,19,20,21,22,23). The molecule has 1 fully saturated rings. The zero-order valence-electron chi connectivity index (χ0n) is 14.0. The molecule has 6 nitrogen and oxygen atoms in total. The monoisotopic (exact) mass is 350 g/mol. The number of H-pyrrole nitrogens is 1. The Bertz CT molecular complexity index is 931. The fourth-order valence-corrected chi connectivity index (χ4v) is 3.44. The van der Waals surface area contributed by atoms with Crippen molar-refractivity contribution in [1.29, 1.82) is 0 Å². The Morgan fingerprint density at radius 2 is 2.24 bits per heavy atom. The maximum atomic E-state index is 11.5. The van der Waals surface area contributed by atoms with Crippen LogP contribution < -0.4 is 10.8 Å². The molecular weight excluding hydrogens is 333 g/mol. The lowest BCUT2D eigenvalue weighted by molar-refractivity contribution is 0.102. The quantitative estimate of drug-likeness (QED) is 0.527. The maximum Gasteiger partial charge on any atom is 0.171 e. The van der Waals surface area contributed by atoms with Gasteiger partial charge in [0.15, 0.2) is 24.7 Å². The van der Waals surface area contributed by atoms with Gasteiger partial charge in [0, 0.05) is 23.9 Å². The van der Waals surface area contributed by atoms with Crippen LogP contribution in [0.3, 0.4) is 0 Å². The van der Waals surface area contributed by atoms with Crippen molar-refractivity contribution >= 4 is 41.5 Å². The molecule has 3 heterocycles. The van der Waals surface area contributed by atoms with Gasteiger partial charge in [-0.25, -0.2) is 9.97 Å². The highest BCUT2D eigenvalue weighted by molar-refractivity contribution is 7.17. The van der Waals surface area contributed by atoms with Crippen molar-refractivity contribution in [2.75, 3.05) is 5.32 Å². The number of aromatic amines is 1. The third-order valence-electron chi connectivity index (χ3n) is 4.16. The molecule has 3 aromatic rings. The zero-order valence-corrected chi connectivity index (χ0v) is 14.9. The van der Waals surface area contributed by atoms with E-state index in [0.717, 1.165) is 16.2 Å². The number of Topliss-reactive ketones (excluding diaryl/α,β-unsaturated/α-hetero) is 1. The van der Waals surface area contributed by atoms with E-state index in [-0.39, 0.29) is 5.78 Å². The molecule has 0 aliphatic heterocycles. The number of hydrogen-bond donors (Lipinski definition) is 2. The first-order valence-corrected chi connectivity index (χ1v) is 9.05. The summed E-state index contributed by atoms with van der Waals surface area (Å²) in [5, 5.41) is 10.7.